The SMILES string of the molecule is CCNc1nc(C)nc(N(C)CCSC)c1C. The van der Waals surface area contributed by atoms with Crippen LogP contribution < -0.4 is 10.2 Å². The van der Waals surface area contributed by atoms with E-state index in [0.29, 0.717) is 0 Å². The van der Waals surface area contributed by atoms with Gasteiger partial charge in [0.15, 0.2) is 0 Å². The van der Waals surface area contributed by atoms with E-state index in [0.717, 1.165) is 41.9 Å². The normalized spacial score (nSPS) is 10.4. The molecule has 4 nitrogen and oxygen atoms in total. The van der Waals surface area contributed by atoms with Crippen molar-refractivity contribution in [1.82, 2.24) is 9.97 Å². The molecule has 0 aliphatic carbocycles. The third-order valence-corrected chi connectivity index (χ3v) is 3.16. The molecule has 1 heterocycles. The molecule has 1 N–H and O–H groups in total. The maximum atomic E-state index is 4.53. The predicted molar refractivity (Wildman–Crippen MR) is 77.3 cm³/mol. The van der Waals surface area contributed by atoms with Crippen molar-refractivity contribution in [1.29, 1.82) is 0 Å². The van der Waals surface area contributed by atoms with E-state index in [1.165, 1.54) is 0 Å². The zero-order chi connectivity index (χ0) is 12.8. The van der Waals surface area contributed by atoms with Gasteiger partial charge in [0.05, 0.1) is 0 Å². The van der Waals surface area contributed by atoms with Gasteiger partial charge in [-0.25, -0.2) is 9.97 Å². The van der Waals surface area contributed by atoms with Gasteiger partial charge in [-0.05, 0) is 27.0 Å². The molecule has 0 radical (unpaired) electrons. The first-order valence-corrected chi connectivity index (χ1v) is 7.28. The lowest BCUT2D eigenvalue weighted by atomic mass is 10.3. The fraction of sp³-hybridized carbons (Fsp3) is 0.667. The second-order valence-electron chi connectivity index (χ2n) is 4.01. The Bertz CT molecular complexity index is 368. The molecule has 1 aromatic rings. The summed E-state index contributed by atoms with van der Waals surface area (Å²) in [6.45, 7) is 7.97. The molecular formula is C12H22N4S. The second-order valence-corrected chi connectivity index (χ2v) is 5.00. The molecule has 0 fully saturated rings. The number of aryl methyl sites for hydroxylation is 1. The highest BCUT2D eigenvalue weighted by Gasteiger charge is 2.11. The summed E-state index contributed by atoms with van der Waals surface area (Å²) in [6, 6.07) is 0. The van der Waals surface area contributed by atoms with E-state index in [4.69, 9.17) is 0 Å². The number of hydrogen-bond acceptors (Lipinski definition) is 5. The number of aromatic nitrogens is 2. The summed E-state index contributed by atoms with van der Waals surface area (Å²) in [5.41, 5.74) is 1.13. The third kappa shape index (κ3) is 3.77. The van der Waals surface area contributed by atoms with Gasteiger partial charge in [0.2, 0.25) is 0 Å². The van der Waals surface area contributed by atoms with Gasteiger partial charge >= 0.3 is 0 Å². The van der Waals surface area contributed by atoms with Gasteiger partial charge in [0.25, 0.3) is 0 Å². The van der Waals surface area contributed by atoms with Gasteiger partial charge in [0, 0.05) is 31.5 Å². The van der Waals surface area contributed by atoms with Crippen LogP contribution in [0, 0.1) is 13.8 Å². The Labute approximate surface area is 108 Å². The standard InChI is InChI=1S/C12H22N4S/c1-6-13-11-9(2)12(15-10(3)14-11)16(4)7-8-17-5/h6-8H2,1-5H3,(H,13,14,15). The molecular weight excluding hydrogens is 232 g/mol. The average molecular weight is 254 g/mol. The highest BCUT2D eigenvalue weighted by atomic mass is 32.2. The van der Waals surface area contributed by atoms with Gasteiger partial charge in [0.1, 0.15) is 17.5 Å². The first kappa shape index (κ1) is 14.1. The lowest BCUT2D eigenvalue weighted by Crippen LogP contribution is -2.23. The summed E-state index contributed by atoms with van der Waals surface area (Å²) >= 11 is 1.85. The van der Waals surface area contributed by atoms with Crippen LogP contribution in [0.15, 0.2) is 0 Å². The fourth-order valence-electron chi connectivity index (χ4n) is 1.66. The minimum atomic E-state index is 0.817. The summed E-state index contributed by atoms with van der Waals surface area (Å²) in [5, 5.41) is 3.29. The topological polar surface area (TPSA) is 41.1 Å². The summed E-state index contributed by atoms with van der Waals surface area (Å²) in [4.78, 5) is 11.2. The Kier molecular flexibility index (Phi) is 5.55. The molecule has 0 aliphatic heterocycles. The Morgan fingerprint density at radius 3 is 2.59 bits per heavy atom. The highest BCUT2D eigenvalue weighted by Crippen LogP contribution is 2.22. The molecule has 0 bridgehead atoms. The van der Waals surface area contributed by atoms with E-state index < -0.39 is 0 Å². The van der Waals surface area contributed by atoms with E-state index in [1.807, 2.05) is 18.7 Å². The van der Waals surface area contributed by atoms with Crippen molar-refractivity contribution in [3.8, 4) is 0 Å². The summed E-state index contributed by atoms with van der Waals surface area (Å²) in [7, 11) is 2.08. The molecule has 0 aliphatic rings. The molecule has 0 aromatic carbocycles. The monoisotopic (exact) mass is 254 g/mol. The smallest absolute Gasteiger partial charge is 0.137 e. The quantitative estimate of drug-likeness (QED) is 0.844. The van der Waals surface area contributed by atoms with Crippen molar-refractivity contribution < 1.29 is 0 Å². The molecule has 96 valence electrons. The molecule has 0 unspecified atom stereocenters. The summed E-state index contributed by atoms with van der Waals surface area (Å²) in [6.07, 6.45) is 2.12. The number of rotatable bonds is 6. The molecule has 0 amide bonds. The minimum absolute atomic E-state index is 0.817. The van der Waals surface area contributed by atoms with Crippen molar-refractivity contribution in [3.05, 3.63) is 11.4 Å². The zero-order valence-electron chi connectivity index (χ0n) is 11.4. The van der Waals surface area contributed by atoms with Crippen LogP contribution in [-0.4, -0.2) is 42.1 Å². The highest BCUT2D eigenvalue weighted by molar-refractivity contribution is 7.98. The molecule has 17 heavy (non-hydrogen) atoms. The molecule has 1 rings (SSSR count). The van der Waals surface area contributed by atoms with E-state index in [1.54, 1.807) is 0 Å². The summed E-state index contributed by atoms with van der Waals surface area (Å²) in [5.74, 6) is 3.90. The van der Waals surface area contributed by atoms with Crippen LogP contribution >= 0.6 is 11.8 Å². The van der Waals surface area contributed by atoms with Crippen LogP contribution in [0.2, 0.25) is 0 Å². The van der Waals surface area contributed by atoms with Gasteiger partial charge in [-0.1, -0.05) is 0 Å². The molecule has 0 spiro atoms. The van der Waals surface area contributed by atoms with Crippen molar-refractivity contribution in [2.75, 3.05) is 42.4 Å². The van der Waals surface area contributed by atoms with Gasteiger partial charge < -0.3 is 10.2 Å². The number of thioether (sulfide) groups is 1. The van der Waals surface area contributed by atoms with E-state index in [2.05, 4.69) is 47.3 Å². The van der Waals surface area contributed by atoms with Crippen LogP contribution in [0.25, 0.3) is 0 Å². The molecule has 0 saturated carbocycles. The number of hydrogen-bond donors (Lipinski definition) is 1. The van der Waals surface area contributed by atoms with Crippen LogP contribution in [0.1, 0.15) is 18.3 Å². The predicted octanol–water partition coefficient (Wildman–Crippen LogP) is 2.32. The van der Waals surface area contributed by atoms with Gasteiger partial charge in [-0.15, -0.1) is 0 Å². The molecule has 0 saturated heterocycles. The van der Waals surface area contributed by atoms with Crippen LogP contribution in [-0.2, 0) is 0 Å². The van der Waals surface area contributed by atoms with E-state index in [-0.39, 0.29) is 0 Å². The van der Waals surface area contributed by atoms with Gasteiger partial charge in [-0.2, -0.15) is 11.8 Å². The lowest BCUT2D eigenvalue weighted by Gasteiger charge is -2.21. The number of anilines is 2. The first-order valence-electron chi connectivity index (χ1n) is 5.89. The maximum absolute atomic E-state index is 4.53. The minimum Gasteiger partial charge on any atom is -0.370 e. The van der Waals surface area contributed by atoms with Gasteiger partial charge in [-0.3, -0.25) is 0 Å². The van der Waals surface area contributed by atoms with E-state index in [9.17, 15) is 0 Å². The Morgan fingerprint density at radius 1 is 1.29 bits per heavy atom. The van der Waals surface area contributed by atoms with Crippen molar-refractivity contribution in [2.45, 2.75) is 20.8 Å². The molecule has 1 aromatic heterocycles. The average Bonchev–Trinajstić information content (AvgIpc) is 2.30. The lowest BCUT2D eigenvalue weighted by molar-refractivity contribution is 0.904. The van der Waals surface area contributed by atoms with Crippen LogP contribution in [0.5, 0.6) is 0 Å². The number of nitrogens with zero attached hydrogens (tertiary/aromatic N) is 3. The van der Waals surface area contributed by atoms with Crippen molar-refractivity contribution >= 4 is 23.4 Å². The largest absolute Gasteiger partial charge is 0.370 e. The third-order valence-electron chi connectivity index (χ3n) is 2.57. The van der Waals surface area contributed by atoms with E-state index >= 15 is 0 Å². The first-order chi connectivity index (χ1) is 8.10. The molecule has 0 atom stereocenters. The Hall–Kier alpha value is -0.970. The number of nitrogens with one attached hydrogen (secondary N) is 1. The second kappa shape index (κ2) is 6.69. The molecule has 5 heteroatoms. The van der Waals surface area contributed by atoms with Crippen LogP contribution in [0.4, 0.5) is 11.6 Å². The van der Waals surface area contributed by atoms with Crippen molar-refractivity contribution in [2.24, 2.45) is 0 Å². The Morgan fingerprint density at radius 2 is 2.00 bits per heavy atom. The van der Waals surface area contributed by atoms with Crippen LogP contribution in [0.3, 0.4) is 0 Å². The Balaban J connectivity index is 2.97. The maximum Gasteiger partial charge on any atom is 0.137 e. The summed E-state index contributed by atoms with van der Waals surface area (Å²) < 4.78 is 0. The fourth-order valence-corrected chi connectivity index (χ4v) is 2.12. The zero-order valence-corrected chi connectivity index (χ0v) is 12.2. The van der Waals surface area contributed by atoms with Crippen molar-refractivity contribution in [3.63, 3.8) is 0 Å².